The summed E-state index contributed by atoms with van der Waals surface area (Å²) in [5.41, 5.74) is 11.1. The van der Waals surface area contributed by atoms with Crippen LogP contribution in [0.5, 0.6) is 0 Å². The van der Waals surface area contributed by atoms with Crippen molar-refractivity contribution in [2.24, 2.45) is 0 Å². The van der Waals surface area contributed by atoms with Gasteiger partial charge in [0, 0.05) is 38.6 Å². The lowest BCUT2D eigenvalue weighted by molar-refractivity contribution is 0.843. The van der Waals surface area contributed by atoms with Gasteiger partial charge in [-0.05, 0) is 142 Å². The molecule has 0 saturated carbocycles. The fourth-order valence-corrected chi connectivity index (χ4v) is 13.0. The zero-order valence-corrected chi connectivity index (χ0v) is 42.1. The van der Waals surface area contributed by atoms with Gasteiger partial charge in [-0.3, -0.25) is 0 Å². The average Bonchev–Trinajstić information content (AvgIpc) is 3.55. The summed E-state index contributed by atoms with van der Waals surface area (Å²) in [6, 6.07) is 94.8. The first-order valence-corrected chi connectivity index (χ1v) is 26.8. The summed E-state index contributed by atoms with van der Waals surface area (Å²) in [5, 5.41) is 20.0. The normalized spacial score (nSPS) is 14.1. The van der Waals surface area contributed by atoms with Crippen LogP contribution in [-0.2, 0) is 0 Å². The van der Waals surface area contributed by atoms with Crippen molar-refractivity contribution in [3.05, 3.63) is 281 Å². The Labute approximate surface area is 442 Å². The average molecular weight is 969 g/mol. The third-order valence-corrected chi connectivity index (χ3v) is 16.4. The van der Waals surface area contributed by atoms with E-state index in [2.05, 4.69) is 283 Å². The fourth-order valence-electron chi connectivity index (χ4n) is 13.0. The molecule has 0 N–H and O–H groups in total. The van der Waals surface area contributed by atoms with Gasteiger partial charge in [-0.2, -0.15) is 0 Å². The van der Waals surface area contributed by atoms with Crippen LogP contribution in [0, 0.1) is 0 Å². The van der Waals surface area contributed by atoms with Crippen LogP contribution < -0.4 is 30.7 Å². The number of rotatable bonds is 8. The van der Waals surface area contributed by atoms with Crippen molar-refractivity contribution in [1.82, 2.24) is 0 Å². The van der Waals surface area contributed by atoms with Gasteiger partial charge in [-0.15, -0.1) is 0 Å². The summed E-state index contributed by atoms with van der Waals surface area (Å²) in [4.78, 5) is 5.17. The highest BCUT2D eigenvalue weighted by molar-refractivity contribution is 6.12. The number of benzene rings is 13. The molecule has 0 amide bonds. The first kappa shape index (κ1) is 44.0. The lowest BCUT2D eigenvalue weighted by Gasteiger charge is -2.35. The third-order valence-electron chi connectivity index (χ3n) is 16.4. The van der Waals surface area contributed by atoms with Crippen LogP contribution in [0.25, 0.3) is 99.6 Å². The second kappa shape index (κ2) is 18.2. The Bertz CT molecular complexity index is 4590. The van der Waals surface area contributed by atoms with Gasteiger partial charge in [0.15, 0.2) is 0 Å². The van der Waals surface area contributed by atoms with Crippen LogP contribution >= 0.6 is 0 Å². The maximum absolute atomic E-state index is 2.66. The zero-order chi connectivity index (χ0) is 50.1. The first-order valence-electron chi connectivity index (χ1n) is 26.8. The Morgan fingerprint density at radius 1 is 0.342 bits per heavy atom. The lowest BCUT2D eigenvalue weighted by Crippen LogP contribution is -2.42. The SMILES string of the molecule is C1=c2ccccc2=C(c2c3c(c(-c4cccc5ccccc45)c4cc(N(c5cccc6ccccc56)c5cccc6ccccc56)ccc24)=CCC(N(c2cccc4ccccc24)c2cccc4ccccc24)C=3)CC1. The number of fused-ring (bicyclic) bond motifs is 8. The van der Waals surface area contributed by atoms with Crippen molar-refractivity contribution >= 4 is 117 Å². The first-order chi connectivity index (χ1) is 37.7. The van der Waals surface area contributed by atoms with E-state index in [-0.39, 0.29) is 6.04 Å². The summed E-state index contributed by atoms with van der Waals surface area (Å²) >= 11 is 0. The predicted molar refractivity (Wildman–Crippen MR) is 325 cm³/mol. The molecule has 1 unspecified atom stereocenters. The second-order valence-electron chi connectivity index (χ2n) is 20.5. The number of anilines is 5. The van der Waals surface area contributed by atoms with Gasteiger partial charge in [0.25, 0.3) is 0 Å². The van der Waals surface area contributed by atoms with Crippen LogP contribution in [0.1, 0.15) is 24.8 Å². The molecule has 0 saturated heterocycles. The van der Waals surface area contributed by atoms with Gasteiger partial charge in [-0.1, -0.05) is 237 Å². The topological polar surface area (TPSA) is 6.48 Å². The maximum atomic E-state index is 2.66. The molecule has 2 nitrogen and oxygen atoms in total. The van der Waals surface area contributed by atoms with Crippen LogP contribution in [0.2, 0.25) is 0 Å². The maximum Gasteiger partial charge on any atom is 0.0566 e. The van der Waals surface area contributed by atoms with E-state index in [9.17, 15) is 0 Å². The van der Waals surface area contributed by atoms with E-state index in [1.54, 1.807) is 0 Å². The Hall–Kier alpha value is -9.50. The molecule has 0 radical (unpaired) electrons. The summed E-state index contributed by atoms with van der Waals surface area (Å²) in [6.45, 7) is 0. The lowest BCUT2D eigenvalue weighted by atomic mass is 9.81. The molecular formula is C74H52N2. The molecule has 358 valence electrons. The van der Waals surface area contributed by atoms with Crippen molar-refractivity contribution < 1.29 is 0 Å². The molecule has 0 heterocycles. The van der Waals surface area contributed by atoms with Crippen molar-refractivity contribution in [3.8, 4) is 11.1 Å². The molecule has 0 aliphatic heterocycles. The highest BCUT2D eigenvalue weighted by Crippen LogP contribution is 2.46. The predicted octanol–water partition coefficient (Wildman–Crippen LogP) is 16.7. The van der Waals surface area contributed by atoms with Crippen LogP contribution in [-0.4, -0.2) is 6.04 Å². The molecule has 15 rings (SSSR count). The van der Waals surface area contributed by atoms with Gasteiger partial charge in [0.1, 0.15) is 0 Å². The highest BCUT2D eigenvalue weighted by atomic mass is 15.2. The van der Waals surface area contributed by atoms with Crippen molar-refractivity contribution in [3.63, 3.8) is 0 Å². The molecule has 13 aromatic rings. The minimum Gasteiger partial charge on any atom is -0.333 e. The Balaban J connectivity index is 1.09. The molecule has 0 spiro atoms. The molecule has 76 heavy (non-hydrogen) atoms. The Morgan fingerprint density at radius 3 is 1.41 bits per heavy atom. The van der Waals surface area contributed by atoms with Gasteiger partial charge in [0.2, 0.25) is 0 Å². The van der Waals surface area contributed by atoms with Gasteiger partial charge in [0.05, 0.1) is 17.4 Å². The fraction of sp³-hybridized carbons (Fsp3) is 0.0541. The largest absolute Gasteiger partial charge is 0.333 e. The minimum absolute atomic E-state index is 0.0147. The van der Waals surface area contributed by atoms with Gasteiger partial charge < -0.3 is 9.80 Å². The quantitative estimate of drug-likeness (QED) is 0.150. The molecule has 2 aliphatic rings. The second-order valence-corrected chi connectivity index (χ2v) is 20.5. The third kappa shape index (κ3) is 7.17. The minimum atomic E-state index is -0.0147. The molecule has 1 atom stereocenters. The molecule has 0 bridgehead atoms. The van der Waals surface area contributed by atoms with E-state index in [1.807, 2.05) is 0 Å². The number of hydrogen-bond acceptors (Lipinski definition) is 2. The Kier molecular flexibility index (Phi) is 10.5. The smallest absolute Gasteiger partial charge is 0.0566 e. The van der Waals surface area contributed by atoms with Crippen LogP contribution in [0.3, 0.4) is 0 Å². The highest BCUT2D eigenvalue weighted by Gasteiger charge is 2.28. The molecule has 13 aromatic carbocycles. The van der Waals surface area contributed by atoms with Gasteiger partial charge >= 0.3 is 0 Å². The van der Waals surface area contributed by atoms with Gasteiger partial charge in [-0.25, -0.2) is 0 Å². The van der Waals surface area contributed by atoms with E-state index in [0.717, 1.165) is 36.3 Å². The van der Waals surface area contributed by atoms with Crippen LogP contribution in [0.4, 0.5) is 28.4 Å². The standard InChI is InChI=1S/C74H52N2/c1-7-31-57-49(19-1)25-13-37-63(57)73-65-45-43-56(76(71-41-17-29-53-23-5-11-35-61(53)71)72-42-18-30-54-24-6-12-36-62(54)72)48-68(65)74(64-38-14-26-50-20-2-8-32-58(50)64)66-46-44-55(47-67(66)73)75(69-39-15-27-51-21-3-9-33-59(51)69)70-40-16-28-52-22-4-10-34-60(52)70/h1-13,15-37,39-42,44-48,56H,14,38,43H2. The number of nitrogens with zero attached hydrogens (tertiary/aromatic N) is 2. The van der Waals surface area contributed by atoms with E-state index in [4.69, 9.17) is 0 Å². The summed E-state index contributed by atoms with van der Waals surface area (Å²) in [7, 11) is 0. The molecule has 2 heteroatoms. The van der Waals surface area contributed by atoms with E-state index < -0.39 is 0 Å². The zero-order valence-electron chi connectivity index (χ0n) is 42.1. The van der Waals surface area contributed by atoms with E-state index in [0.29, 0.717) is 0 Å². The van der Waals surface area contributed by atoms with E-state index >= 15 is 0 Å². The van der Waals surface area contributed by atoms with Crippen LogP contribution in [0.15, 0.2) is 255 Å². The Morgan fingerprint density at radius 2 is 0.816 bits per heavy atom. The monoisotopic (exact) mass is 968 g/mol. The summed E-state index contributed by atoms with van der Waals surface area (Å²) < 4.78 is 0. The summed E-state index contributed by atoms with van der Waals surface area (Å²) in [5.74, 6) is 0. The van der Waals surface area contributed by atoms with Crippen molar-refractivity contribution in [2.75, 3.05) is 9.80 Å². The van der Waals surface area contributed by atoms with E-state index in [1.165, 1.54) is 119 Å². The summed E-state index contributed by atoms with van der Waals surface area (Å²) in [6.07, 6.45) is 10.4. The molecule has 0 fully saturated rings. The van der Waals surface area contributed by atoms with Crippen molar-refractivity contribution in [2.45, 2.75) is 25.3 Å². The molecule has 2 aliphatic carbocycles. The number of hydrogen-bond donors (Lipinski definition) is 0. The molecule has 0 aromatic heterocycles. The van der Waals surface area contributed by atoms with Crippen molar-refractivity contribution in [1.29, 1.82) is 0 Å². The molecular weight excluding hydrogens is 917 g/mol.